The van der Waals surface area contributed by atoms with Gasteiger partial charge >= 0.3 is 0 Å². The van der Waals surface area contributed by atoms with Crippen LogP contribution >= 0.6 is 0 Å². The summed E-state index contributed by atoms with van der Waals surface area (Å²) in [6, 6.07) is 13.9. The second-order valence-corrected chi connectivity index (χ2v) is 6.17. The third-order valence-electron chi connectivity index (χ3n) is 4.60. The Bertz CT molecular complexity index is 709. The number of carbonyl (C=O) groups excluding carboxylic acids is 1. The third-order valence-corrected chi connectivity index (χ3v) is 4.60. The molecule has 23 heavy (non-hydrogen) atoms. The van der Waals surface area contributed by atoms with Gasteiger partial charge in [0.25, 0.3) is 0 Å². The van der Waals surface area contributed by atoms with Crippen molar-refractivity contribution in [1.29, 1.82) is 0 Å². The third kappa shape index (κ3) is 2.77. The Morgan fingerprint density at radius 2 is 2.00 bits per heavy atom. The first-order valence-electron chi connectivity index (χ1n) is 8.30. The number of benzene rings is 2. The molecule has 120 valence electrons. The van der Waals surface area contributed by atoms with E-state index in [1.54, 1.807) is 6.92 Å². The van der Waals surface area contributed by atoms with Crippen LogP contribution in [-0.2, 0) is 4.79 Å². The first kappa shape index (κ1) is 15.8. The number of aliphatic hydroxyl groups excluding tert-OH is 1. The van der Waals surface area contributed by atoms with E-state index in [0.29, 0.717) is 0 Å². The van der Waals surface area contributed by atoms with Crippen molar-refractivity contribution in [1.82, 2.24) is 0 Å². The summed E-state index contributed by atoms with van der Waals surface area (Å²) in [5, 5.41) is 9.91. The van der Waals surface area contributed by atoms with Gasteiger partial charge in [0.2, 0.25) is 0 Å². The van der Waals surface area contributed by atoms with Crippen LogP contribution < -0.4 is 4.90 Å². The maximum atomic E-state index is 11.8. The molecule has 2 atom stereocenters. The average molecular weight is 309 g/mol. The smallest absolute Gasteiger partial charge is 0.147 e. The lowest BCUT2D eigenvalue weighted by Crippen LogP contribution is -2.34. The predicted octanol–water partition coefficient (Wildman–Crippen LogP) is 4.27. The van der Waals surface area contributed by atoms with Gasteiger partial charge in [0.05, 0.1) is 6.10 Å². The van der Waals surface area contributed by atoms with E-state index in [-0.39, 0.29) is 6.04 Å². The number of anilines is 1. The maximum absolute atomic E-state index is 11.8. The number of carbonyl (C=O) groups is 1. The fourth-order valence-electron chi connectivity index (χ4n) is 3.33. The van der Waals surface area contributed by atoms with Gasteiger partial charge in [0.15, 0.2) is 0 Å². The van der Waals surface area contributed by atoms with Crippen LogP contribution in [0.15, 0.2) is 42.5 Å². The molecular formula is C20H23NO2. The highest BCUT2D eigenvalue weighted by atomic mass is 16.3. The van der Waals surface area contributed by atoms with E-state index in [4.69, 9.17) is 0 Å². The Balaban J connectivity index is 2.18. The second-order valence-electron chi connectivity index (χ2n) is 6.17. The lowest BCUT2D eigenvalue weighted by atomic mass is 9.87. The topological polar surface area (TPSA) is 40.5 Å². The summed E-state index contributed by atoms with van der Waals surface area (Å²) < 4.78 is 0. The molecule has 0 aromatic heterocycles. The SMILES string of the molecule is CCCCN1c2ccc(C(C)O)cc2-c2ccccc2C1C=O. The zero-order chi connectivity index (χ0) is 16.4. The second kappa shape index (κ2) is 6.55. The van der Waals surface area contributed by atoms with Crippen molar-refractivity contribution >= 4 is 12.0 Å². The minimum absolute atomic E-state index is 0.234. The predicted molar refractivity (Wildman–Crippen MR) is 93.6 cm³/mol. The Labute approximate surface area is 137 Å². The number of hydrogen-bond acceptors (Lipinski definition) is 3. The maximum Gasteiger partial charge on any atom is 0.147 e. The Morgan fingerprint density at radius 1 is 1.22 bits per heavy atom. The molecule has 1 aliphatic rings. The monoisotopic (exact) mass is 309 g/mol. The summed E-state index contributed by atoms with van der Waals surface area (Å²) in [5.41, 5.74) is 5.23. The zero-order valence-corrected chi connectivity index (χ0v) is 13.7. The molecule has 1 N–H and O–H groups in total. The zero-order valence-electron chi connectivity index (χ0n) is 13.7. The Kier molecular flexibility index (Phi) is 4.49. The summed E-state index contributed by atoms with van der Waals surface area (Å²) >= 11 is 0. The van der Waals surface area contributed by atoms with Crippen LogP contribution in [0.4, 0.5) is 5.69 Å². The van der Waals surface area contributed by atoms with E-state index in [9.17, 15) is 9.90 Å². The van der Waals surface area contributed by atoms with Gasteiger partial charge in [0, 0.05) is 17.8 Å². The number of fused-ring (bicyclic) bond motifs is 3. The fraction of sp³-hybridized carbons (Fsp3) is 0.350. The molecule has 3 heteroatoms. The summed E-state index contributed by atoms with van der Waals surface area (Å²) in [4.78, 5) is 14.0. The van der Waals surface area contributed by atoms with E-state index in [1.165, 1.54) is 0 Å². The van der Waals surface area contributed by atoms with Crippen LogP contribution in [0.25, 0.3) is 11.1 Å². The van der Waals surface area contributed by atoms with E-state index in [0.717, 1.165) is 53.6 Å². The van der Waals surface area contributed by atoms with Crippen LogP contribution in [0.1, 0.15) is 50.0 Å². The van der Waals surface area contributed by atoms with Crippen LogP contribution in [-0.4, -0.2) is 17.9 Å². The molecule has 0 spiro atoms. The molecular weight excluding hydrogens is 286 g/mol. The summed E-state index contributed by atoms with van der Waals surface area (Å²) in [6.45, 7) is 4.79. The van der Waals surface area contributed by atoms with Gasteiger partial charge in [-0.15, -0.1) is 0 Å². The Hall–Kier alpha value is -2.13. The molecule has 0 aliphatic carbocycles. The van der Waals surface area contributed by atoms with Crippen LogP contribution in [0.3, 0.4) is 0 Å². The van der Waals surface area contributed by atoms with Crippen LogP contribution in [0.5, 0.6) is 0 Å². The van der Waals surface area contributed by atoms with E-state index >= 15 is 0 Å². The van der Waals surface area contributed by atoms with Crippen molar-refractivity contribution in [2.45, 2.75) is 38.8 Å². The van der Waals surface area contributed by atoms with Crippen molar-refractivity contribution in [2.24, 2.45) is 0 Å². The lowest BCUT2D eigenvalue weighted by molar-refractivity contribution is -0.109. The minimum Gasteiger partial charge on any atom is -0.389 e. The number of aliphatic hydroxyl groups is 1. The normalized spacial score (nSPS) is 17.3. The van der Waals surface area contributed by atoms with Gasteiger partial charge in [-0.25, -0.2) is 0 Å². The van der Waals surface area contributed by atoms with Crippen molar-refractivity contribution in [3.05, 3.63) is 53.6 Å². The fourth-order valence-corrected chi connectivity index (χ4v) is 3.33. The molecule has 0 saturated heterocycles. The standard InChI is InChI=1S/C20H23NO2/c1-3-4-11-21-19-10-9-15(14(2)23)12-18(19)16-7-5-6-8-17(16)20(21)13-22/h5-10,12-14,20,23H,3-4,11H2,1-2H3. The average Bonchev–Trinajstić information content (AvgIpc) is 2.58. The highest BCUT2D eigenvalue weighted by Crippen LogP contribution is 2.44. The van der Waals surface area contributed by atoms with Gasteiger partial charge in [-0.3, -0.25) is 0 Å². The van der Waals surface area contributed by atoms with Gasteiger partial charge in [-0.05, 0) is 42.2 Å². The molecule has 2 unspecified atom stereocenters. The molecule has 2 aromatic rings. The van der Waals surface area contributed by atoms with Crippen molar-refractivity contribution in [3.8, 4) is 11.1 Å². The summed E-state index contributed by atoms with van der Waals surface area (Å²) in [7, 11) is 0. The number of unbranched alkanes of at least 4 members (excludes halogenated alkanes) is 1. The van der Waals surface area contributed by atoms with Gasteiger partial charge in [-0.2, -0.15) is 0 Å². The highest BCUT2D eigenvalue weighted by Gasteiger charge is 2.30. The van der Waals surface area contributed by atoms with Crippen LogP contribution in [0, 0.1) is 0 Å². The molecule has 0 amide bonds. The van der Waals surface area contributed by atoms with Gasteiger partial charge in [0.1, 0.15) is 12.3 Å². The molecule has 2 aromatic carbocycles. The van der Waals surface area contributed by atoms with Crippen molar-refractivity contribution < 1.29 is 9.90 Å². The van der Waals surface area contributed by atoms with Crippen molar-refractivity contribution in [3.63, 3.8) is 0 Å². The van der Waals surface area contributed by atoms with Gasteiger partial charge in [-0.1, -0.05) is 43.7 Å². The number of aldehydes is 1. The Morgan fingerprint density at radius 3 is 2.70 bits per heavy atom. The number of nitrogens with zero attached hydrogens (tertiary/aromatic N) is 1. The quantitative estimate of drug-likeness (QED) is 0.839. The lowest BCUT2D eigenvalue weighted by Gasteiger charge is -2.38. The molecule has 3 nitrogen and oxygen atoms in total. The molecule has 0 saturated carbocycles. The first-order chi connectivity index (χ1) is 11.2. The highest BCUT2D eigenvalue weighted by molar-refractivity contribution is 5.90. The molecule has 1 aliphatic heterocycles. The minimum atomic E-state index is -0.500. The van der Waals surface area contributed by atoms with E-state index < -0.39 is 6.10 Å². The first-order valence-corrected chi connectivity index (χ1v) is 8.30. The van der Waals surface area contributed by atoms with E-state index in [1.807, 2.05) is 30.3 Å². The number of hydrogen-bond donors (Lipinski definition) is 1. The molecule has 0 fully saturated rings. The molecule has 0 bridgehead atoms. The van der Waals surface area contributed by atoms with Crippen molar-refractivity contribution in [2.75, 3.05) is 11.4 Å². The molecule has 1 heterocycles. The number of rotatable bonds is 5. The largest absolute Gasteiger partial charge is 0.389 e. The molecule has 0 radical (unpaired) electrons. The molecule has 3 rings (SSSR count). The summed E-state index contributed by atoms with van der Waals surface area (Å²) in [5.74, 6) is 0. The van der Waals surface area contributed by atoms with Gasteiger partial charge < -0.3 is 14.8 Å². The van der Waals surface area contributed by atoms with Crippen LogP contribution in [0.2, 0.25) is 0 Å². The van der Waals surface area contributed by atoms with E-state index in [2.05, 4.69) is 24.0 Å². The summed E-state index contributed by atoms with van der Waals surface area (Å²) in [6.07, 6.45) is 2.68.